The quantitative estimate of drug-likeness (QED) is 0.641. The van der Waals surface area contributed by atoms with Crippen molar-refractivity contribution in [2.75, 3.05) is 18.1 Å². The Morgan fingerprint density at radius 2 is 2.20 bits per heavy atom. The molecule has 0 radical (unpaired) electrons. The molecular weight excluding hydrogens is 373 g/mol. The Labute approximate surface area is 129 Å². The number of sulfone groups is 1. The zero-order valence-electron chi connectivity index (χ0n) is 10.3. The Bertz CT molecular complexity index is 650. The van der Waals surface area contributed by atoms with Gasteiger partial charge >= 0.3 is 0 Å². The third kappa shape index (κ3) is 3.58. The van der Waals surface area contributed by atoms with Crippen LogP contribution in [0.15, 0.2) is 16.6 Å². The Morgan fingerprint density at radius 1 is 1.50 bits per heavy atom. The van der Waals surface area contributed by atoms with Crippen LogP contribution in [0.5, 0.6) is 0 Å². The zero-order chi connectivity index (χ0) is 14.9. The fourth-order valence-electron chi connectivity index (χ4n) is 2.07. The van der Waals surface area contributed by atoms with Crippen LogP contribution in [0.25, 0.3) is 0 Å². The van der Waals surface area contributed by atoms with E-state index < -0.39 is 27.5 Å². The predicted molar refractivity (Wildman–Crippen MR) is 78.5 cm³/mol. The molecule has 4 nitrogen and oxygen atoms in total. The summed E-state index contributed by atoms with van der Waals surface area (Å²) in [6.45, 7) is 0.309. The first-order chi connectivity index (χ1) is 9.30. The van der Waals surface area contributed by atoms with Gasteiger partial charge in [-0.25, -0.2) is 12.8 Å². The lowest BCUT2D eigenvalue weighted by molar-refractivity contribution is 0.0968. The molecule has 1 heterocycles. The molecule has 1 aromatic carbocycles. The van der Waals surface area contributed by atoms with Gasteiger partial charge in [0.25, 0.3) is 0 Å². The second-order valence-corrected chi connectivity index (χ2v) is 8.08. The average Bonchev–Trinajstić information content (AvgIpc) is 2.34. The predicted octanol–water partition coefficient (Wildman–Crippen LogP) is 2.20. The van der Waals surface area contributed by atoms with E-state index in [0.717, 1.165) is 0 Å². The van der Waals surface area contributed by atoms with E-state index in [1.807, 2.05) is 0 Å². The van der Waals surface area contributed by atoms with Crippen LogP contribution in [-0.4, -0.2) is 38.3 Å². The van der Waals surface area contributed by atoms with Gasteiger partial charge in [-0.2, -0.15) is 0 Å². The monoisotopic (exact) mass is 383 g/mol. The molecule has 0 aliphatic carbocycles. The number of Topliss-reactive ketones (excluding diaryl/α,β-unsaturated/α-hetero) is 1. The van der Waals surface area contributed by atoms with E-state index in [0.29, 0.717) is 11.0 Å². The van der Waals surface area contributed by atoms with E-state index in [-0.39, 0.29) is 28.5 Å². The number of hydrogen-bond donors (Lipinski definition) is 1. The molecular formula is C12H12BrClFNO3S. The lowest BCUT2D eigenvalue weighted by Crippen LogP contribution is -2.46. The number of halogens is 3. The Morgan fingerprint density at radius 3 is 2.85 bits per heavy atom. The van der Waals surface area contributed by atoms with E-state index >= 15 is 0 Å². The molecule has 1 N–H and O–H groups in total. The van der Waals surface area contributed by atoms with E-state index in [4.69, 9.17) is 11.6 Å². The van der Waals surface area contributed by atoms with Gasteiger partial charge < -0.3 is 5.32 Å². The second kappa shape index (κ2) is 6.09. The molecule has 8 heteroatoms. The Hall–Kier alpha value is -0.500. The van der Waals surface area contributed by atoms with Crippen molar-refractivity contribution in [3.63, 3.8) is 0 Å². The van der Waals surface area contributed by atoms with Gasteiger partial charge in [0.05, 0.1) is 22.1 Å². The summed E-state index contributed by atoms with van der Waals surface area (Å²) >= 11 is 8.80. The van der Waals surface area contributed by atoms with Crippen molar-refractivity contribution in [2.24, 2.45) is 0 Å². The highest BCUT2D eigenvalue weighted by atomic mass is 79.9. The fourth-order valence-corrected chi connectivity index (χ4v) is 3.99. The van der Waals surface area contributed by atoms with Gasteiger partial charge in [0.2, 0.25) is 0 Å². The van der Waals surface area contributed by atoms with Crippen molar-refractivity contribution in [1.29, 1.82) is 0 Å². The molecule has 1 aliphatic rings. The molecule has 1 aliphatic heterocycles. The SMILES string of the molecule is O=C(CC1CS(=O)(=O)CCN1)c1ccc(Br)c(Cl)c1F. The smallest absolute Gasteiger partial charge is 0.167 e. The minimum Gasteiger partial charge on any atom is -0.312 e. The molecule has 1 saturated heterocycles. The summed E-state index contributed by atoms with van der Waals surface area (Å²) in [5.74, 6) is -1.29. The van der Waals surface area contributed by atoms with Gasteiger partial charge in [-0.15, -0.1) is 0 Å². The van der Waals surface area contributed by atoms with Gasteiger partial charge in [0, 0.05) is 23.5 Å². The normalized spacial score (nSPS) is 21.6. The van der Waals surface area contributed by atoms with Crippen LogP contribution in [0.3, 0.4) is 0 Å². The van der Waals surface area contributed by atoms with E-state index in [9.17, 15) is 17.6 Å². The largest absolute Gasteiger partial charge is 0.312 e. The zero-order valence-corrected chi connectivity index (χ0v) is 13.5. The first kappa shape index (κ1) is 15.9. The second-order valence-electron chi connectivity index (χ2n) is 4.62. The van der Waals surface area contributed by atoms with Crippen molar-refractivity contribution in [1.82, 2.24) is 5.32 Å². The molecule has 0 saturated carbocycles. The third-order valence-electron chi connectivity index (χ3n) is 3.07. The third-order valence-corrected chi connectivity index (χ3v) is 6.06. The summed E-state index contributed by atoms with van der Waals surface area (Å²) < 4.78 is 37.2. The minimum atomic E-state index is -3.13. The van der Waals surface area contributed by atoms with Gasteiger partial charge in [0.15, 0.2) is 21.4 Å². The molecule has 0 aromatic heterocycles. The van der Waals surface area contributed by atoms with Crippen molar-refractivity contribution in [2.45, 2.75) is 12.5 Å². The number of hydrogen-bond acceptors (Lipinski definition) is 4. The Balaban J connectivity index is 2.15. The number of carbonyl (C=O) groups is 1. The van der Waals surface area contributed by atoms with Crippen molar-refractivity contribution in [3.8, 4) is 0 Å². The van der Waals surface area contributed by atoms with Gasteiger partial charge in [-0.05, 0) is 28.1 Å². The lowest BCUT2D eigenvalue weighted by Gasteiger charge is -2.23. The number of carbonyl (C=O) groups excluding carboxylic acids is 1. The van der Waals surface area contributed by atoms with Crippen LogP contribution in [0.2, 0.25) is 5.02 Å². The Kier molecular flexibility index (Phi) is 4.84. The van der Waals surface area contributed by atoms with Crippen LogP contribution in [0.4, 0.5) is 4.39 Å². The van der Waals surface area contributed by atoms with Crippen LogP contribution in [0, 0.1) is 5.82 Å². The van der Waals surface area contributed by atoms with Crippen molar-refractivity contribution in [3.05, 3.63) is 33.0 Å². The number of benzene rings is 1. The van der Waals surface area contributed by atoms with E-state index in [1.165, 1.54) is 12.1 Å². The van der Waals surface area contributed by atoms with Gasteiger partial charge in [0.1, 0.15) is 0 Å². The summed E-state index contributed by atoms with van der Waals surface area (Å²) in [5, 5.41) is 2.80. The molecule has 0 amide bonds. The first-order valence-corrected chi connectivity index (χ1v) is 8.90. The van der Waals surface area contributed by atoms with E-state index in [2.05, 4.69) is 21.2 Å². The van der Waals surface area contributed by atoms with Gasteiger partial charge in [-0.1, -0.05) is 11.6 Å². The molecule has 1 unspecified atom stereocenters. The molecule has 1 aromatic rings. The average molecular weight is 385 g/mol. The molecule has 0 bridgehead atoms. The molecule has 1 fully saturated rings. The van der Waals surface area contributed by atoms with Crippen LogP contribution < -0.4 is 5.32 Å². The maximum absolute atomic E-state index is 13.9. The minimum absolute atomic E-state index is 0.0656. The summed E-state index contributed by atoms with van der Waals surface area (Å²) in [6.07, 6.45) is -0.0753. The van der Waals surface area contributed by atoms with Crippen molar-refractivity contribution < 1.29 is 17.6 Å². The summed E-state index contributed by atoms with van der Waals surface area (Å²) in [4.78, 5) is 12.1. The highest BCUT2D eigenvalue weighted by Crippen LogP contribution is 2.28. The number of nitrogens with one attached hydrogen (secondary N) is 1. The number of rotatable bonds is 3. The van der Waals surface area contributed by atoms with Crippen LogP contribution in [0.1, 0.15) is 16.8 Å². The fraction of sp³-hybridized carbons (Fsp3) is 0.417. The molecule has 20 heavy (non-hydrogen) atoms. The first-order valence-electron chi connectivity index (χ1n) is 5.90. The van der Waals surface area contributed by atoms with E-state index in [1.54, 1.807) is 0 Å². The summed E-state index contributed by atoms with van der Waals surface area (Å²) in [7, 11) is -3.13. The van der Waals surface area contributed by atoms with Gasteiger partial charge in [-0.3, -0.25) is 4.79 Å². The topological polar surface area (TPSA) is 63.2 Å². The summed E-state index contributed by atoms with van der Waals surface area (Å²) in [5.41, 5.74) is -0.122. The van der Waals surface area contributed by atoms with Crippen molar-refractivity contribution >= 4 is 43.2 Å². The molecule has 110 valence electrons. The maximum Gasteiger partial charge on any atom is 0.167 e. The highest BCUT2D eigenvalue weighted by molar-refractivity contribution is 9.10. The molecule has 1 atom stereocenters. The number of ketones is 1. The standard InChI is InChI=1S/C12H12BrClFNO3S/c13-9-2-1-8(12(15)11(9)14)10(17)5-7-6-20(18,19)4-3-16-7/h1-2,7,16H,3-6H2. The molecule has 0 spiro atoms. The highest BCUT2D eigenvalue weighted by Gasteiger charge is 2.27. The lowest BCUT2D eigenvalue weighted by atomic mass is 10.0. The van der Waals surface area contributed by atoms with Crippen LogP contribution >= 0.6 is 27.5 Å². The maximum atomic E-state index is 13.9. The summed E-state index contributed by atoms with van der Waals surface area (Å²) in [6, 6.07) is 2.34. The van der Waals surface area contributed by atoms with Crippen LogP contribution in [-0.2, 0) is 9.84 Å². The molecule has 2 rings (SSSR count).